The van der Waals surface area contributed by atoms with Crippen molar-refractivity contribution in [2.45, 2.75) is 13.0 Å². The van der Waals surface area contributed by atoms with E-state index in [-0.39, 0.29) is 17.9 Å². The van der Waals surface area contributed by atoms with Gasteiger partial charge in [0.25, 0.3) is 5.56 Å². The number of piperazine rings is 1. The molecule has 0 amide bonds. The van der Waals surface area contributed by atoms with Gasteiger partial charge in [-0.25, -0.2) is 21.9 Å². The van der Waals surface area contributed by atoms with Crippen molar-refractivity contribution in [1.29, 1.82) is 0 Å². The van der Waals surface area contributed by atoms with Crippen molar-refractivity contribution in [3.63, 3.8) is 0 Å². The van der Waals surface area contributed by atoms with Crippen LogP contribution in [0.15, 0.2) is 53.5 Å². The van der Waals surface area contributed by atoms with Crippen LogP contribution in [0.3, 0.4) is 0 Å². The molecule has 1 saturated heterocycles. The van der Waals surface area contributed by atoms with Crippen molar-refractivity contribution < 1.29 is 21.9 Å². The maximum absolute atomic E-state index is 14.5. The highest BCUT2D eigenvalue weighted by Crippen LogP contribution is 2.38. The number of aromatic amines is 1. The number of aryl methyl sites for hydroxylation is 1. The zero-order chi connectivity index (χ0) is 28.4. The molecule has 0 saturated carbocycles. The summed E-state index contributed by atoms with van der Waals surface area (Å²) in [6, 6.07) is 10.3. The molecular formula is C28H31F2N5O4S. The molecule has 0 aliphatic carbocycles. The molecule has 3 heterocycles. The van der Waals surface area contributed by atoms with E-state index in [4.69, 9.17) is 4.74 Å². The van der Waals surface area contributed by atoms with E-state index >= 15 is 0 Å². The van der Waals surface area contributed by atoms with Crippen molar-refractivity contribution >= 4 is 21.8 Å². The first-order chi connectivity index (χ1) is 19.2. The van der Waals surface area contributed by atoms with Crippen LogP contribution in [0.1, 0.15) is 11.3 Å². The molecule has 2 aromatic heterocycles. The Hall–Kier alpha value is -3.58. The second-order valence-electron chi connectivity index (χ2n) is 10.0. The quantitative estimate of drug-likeness (QED) is 0.267. The number of rotatable bonds is 9. The fourth-order valence-corrected chi connectivity index (χ4v) is 5.23. The molecule has 0 spiro atoms. The fraction of sp³-hybridized carbons (Fsp3) is 0.321. The van der Waals surface area contributed by atoms with Crippen molar-refractivity contribution in [3.8, 4) is 22.6 Å². The zero-order valence-corrected chi connectivity index (χ0v) is 23.1. The SMILES string of the molecule is CN1CCN(Cc2cc3c(-c4cc(CCN[SH](=O)=O)ccc4Oc4ccc(F)cc4F)cn(C)c(=O)c3[nH]2)CC1. The van der Waals surface area contributed by atoms with Crippen LogP contribution in [-0.2, 0) is 30.9 Å². The van der Waals surface area contributed by atoms with E-state index in [2.05, 4.69) is 26.6 Å². The van der Waals surface area contributed by atoms with Gasteiger partial charge in [0.2, 0.25) is 10.9 Å². The fourth-order valence-electron chi connectivity index (χ4n) is 4.94. The van der Waals surface area contributed by atoms with Crippen molar-refractivity contribution in [3.05, 3.63) is 81.9 Å². The third-order valence-electron chi connectivity index (χ3n) is 7.11. The van der Waals surface area contributed by atoms with Gasteiger partial charge < -0.3 is 19.2 Å². The molecule has 212 valence electrons. The lowest BCUT2D eigenvalue weighted by atomic mass is 9.99. The number of benzene rings is 2. The maximum Gasteiger partial charge on any atom is 0.274 e. The summed E-state index contributed by atoms with van der Waals surface area (Å²) in [6.45, 7) is 4.64. The molecule has 2 aromatic carbocycles. The topological polar surface area (TPSA) is 99.7 Å². The second kappa shape index (κ2) is 11.9. The average Bonchev–Trinajstić information content (AvgIpc) is 3.34. The molecule has 1 fully saturated rings. The number of H-pyrrole nitrogens is 1. The number of halogens is 2. The largest absolute Gasteiger partial charge is 0.454 e. The van der Waals surface area contributed by atoms with E-state index in [0.717, 1.165) is 49.6 Å². The predicted octanol–water partition coefficient (Wildman–Crippen LogP) is 3.01. The lowest BCUT2D eigenvalue weighted by Crippen LogP contribution is -2.43. The molecular weight excluding hydrogens is 540 g/mol. The van der Waals surface area contributed by atoms with Gasteiger partial charge in [0.05, 0.1) is 0 Å². The summed E-state index contributed by atoms with van der Waals surface area (Å²) in [5, 5.41) is 0.689. The summed E-state index contributed by atoms with van der Waals surface area (Å²) in [6.07, 6.45) is 2.11. The summed E-state index contributed by atoms with van der Waals surface area (Å²) >= 11 is 0. The van der Waals surface area contributed by atoms with Gasteiger partial charge in [0, 0.05) is 80.8 Å². The molecule has 0 unspecified atom stereocenters. The molecule has 1 aliphatic heterocycles. The summed E-state index contributed by atoms with van der Waals surface area (Å²) in [7, 11) is 1.02. The van der Waals surface area contributed by atoms with E-state index in [1.54, 1.807) is 25.4 Å². The van der Waals surface area contributed by atoms with E-state index in [1.165, 1.54) is 10.6 Å². The Bertz CT molecular complexity index is 1670. The van der Waals surface area contributed by atoms with Crippen LogP contribution in [0.25, 0.3) is 22.0 Å². The van der Waals surface area contributed by atoms with Crippen molar-refractivity contribution in [2.75, 3.05) is 39.8 Å². The first kappa shape index (κ1) is 28.0. The molecule has 0 bridgehead atoms. The molecule has 4 aromatic rings. The van der Waals surface area contributed by atoms with Crippen LogP contribution >= 0.6 is 0 Å². The molecule has 40 heavy (non-hydrogen) atoms. The standard InChI is InChI=1S/C28H31F2N5O4S/c1-33-9-11-35(12-10-33)16-20-15-22-23(17-34(2)28(36)27(22)32-20)21-13-18(7-8-31-40(37)38)3-5-25(21)39-26-6-4-19(29)14-24(26)30/h3-6,13-15,17,32,40H,7-12,16H2,1-2H3,(H,31,37,38). The summed E-state index contributed by atoms with van der Waals surface area (Å²) in [5.41, 5.74) is 3.23. The van der Waals surface area contributed by atoms with Crippen LogP contribution in [-0.4, -0.2) is 67.5 Å². The number of likely N-dealkylation sites (N-methyl/N-ethyl adjacent to an activating group) is 1. The van der Waals surface area contributed by atoms with E-state index < -0.39 is 22.5 Å². The number of hydrogen-bond acceptors (Lipinski definition) is 6. The van der Waals surface area contributed by atoms with Crippen molar-refractivity contribution in [1.82, 2.24) is 24.1 Å². The van der Waals surface area contributed by atoms with Crippen LogP contribution < -0.4 is 15.0 Å². The third-order valence-corrected chi connectivity index (χ3v) is 7.59. The number of hydrogen-bond donors (Lipinski definition) is 3. The van der Waals surface area contributed by atoms with Gasteiger partial charge in [-0.15, -0.1) is 0 Å². The third kappa shape index (κ3) is 6.25. The first-order valence-corrected chi connectivity index (χ1v) is 14.1. The Labute approximate surface area is 232 Å². The smallest absolute Gasteiger partial charge is 0.274 e. The number of pyridine rings is 1. The number of thiol groups is 1. The summed E-state index contributed by atoms with van der Waals surface area (Å²) in [4.78, 5) is 21.0. The number of fused-ring (bicyclic) bond motifs is 1. The van der Waals surface area contributed by atoms with Gasteiger partial charge in [0.1, 0.15) is 17.1 Å². The van der Waals surface area contributed by atoms with Crippen LogP contribution in [0.5, 0.6) is 11.5 Å². The van der Waals surface area contributed by atoms with Gasteiger partial charge in [-0.1, -0.05) is 6.07 Å². The lowest BCUT2D eigenvalue weighted by molar-refractivity contribution is 0.147. The van der Waals surface area contributed by atoms with Crippen LogP contribution in [0.4, 0.5) is 8.78 Å². The van der Waals surface area contributed by atoms with Gasteiger partial charge in [-0.3, -0.25) is 9.69 Å². The number of nitrogens with one attached hydrogen (secondary N) is 2. The number of nitrogens with zero attached hydrogens (tertiary/aromatic N) is 3. The monoisotopic (exact) mass is 571 g/mol. The second-order valence-corrected chi connectivity index (χ2v) is 10.9. The van der Waals surface area contributed by atoms with Gasteiger partial charge in [0.15, 0.2) is 11.6 Å². The van der Waals surface area contributed by atoms with E-state index in [9.17, 15) is 22.0 Å². The average molecular weight is 572 g/mol. The highest BCUT2D eigenvalue weighted by molar-refractivity contribution is 7.70. The molecule has 0 atom stereocenters. The molecule has 5 rings (SSSR count). The van der Waals surface area contributed by atoms with Crippen LogP contribution in [0.2, 0.25) is 0 Å². The first-order valence-electron chi connectivity index (χ1n) is 12.9. The van der Waals surface area contributed by atoms with Gasteiger partial charge >= 0.3 is 0 Å². The maximum atomic E-state index is 14.5. The molecule has 9 nitrogen and oxygen atoms in total. The minimum absolute atomic E-state index is 0.147. The Morgan fingerprint density at radius 3 is 2.45 bits per heavy atom. The highest BCUT2D eigenvalue weighted by Gasteiger charge is 2.20. The highest BCUT2D eigenvalue weighted by atomic mass is 32.2. The zero-order valence-electron chi connectivity index (χ0n) is 22.2. The Balaban J connectivity index is 1.59. The van der Waals surface area contributed by atoms with Gasteiger partial charge in [-0.05, 0) is 49.4 Å². The number of ether oxygens (including phenoxy) is 1. The molecule has 12 heteroatoms. The molecule has 2 N–H and O–H groups in total. The molecule has 0 radical (unpaired) electrons. The van der Waals surface area contributed by atoms with Crippen molar-refractivity contribution in [2.24, 2.45) is 7.05 Å². The Kier molecular flexibility index (Phi) is 8.31. The molecule has 1 aliphatic rings. The number of aromatic nitrogens is 2. The summed E-state index contributed by atoms with van der Waals surface area (Å²) < 4.78 is 59.8. The van der Waals surface area contributed by atoms with Gasteiger partial charge in [-0.2, -0.15) is 0 Å². The lowest BCUT2D eigenvalue weighted by Gasteiger charge is -2.31. The minimum Gasteiger partial charge on any atom is -0.454 e. The normalized spacial score (nSPS) is 14.8. The van der Waals surface area contributed by atoms with E-state index in [0.29, 0.717) is 40.7 Å². The Morgan fingerprint density at radius 1 is 0.975 bits per heavy atom. The minimum atomic E-state index is -2.73. The van der Waals surface area contributed by atoms with E-state index in [1.807, 2.05) is 12.1 Å². The van der Waals surface area contributed by atoms with Crippen LogP contribution in [0, 0.1) is 11.6 Å². The Morgan fingerprint density at radius 2 is 1.73 bits per heavy atom. The summed E-state index contributed by atoms with van der Waals surface area (Å²) in [5.74, 6) is -1.41. The predicted molar refractivity (Wildman–Crippen MR) is 150 cm³/mol.